The van der Waals surface area contributed by atoms with Gasteiger partial charge in [0.15, 0.2) is 11.2 Å². The van der Waals surface area contributed by atoms with Gasteiger partial charge in [-0.2, -0.15) is 5.26 Å². The third kappa shape index (κ3) is 4.08. The first-order valence-electron chi connectivity index (χ1n) is 11.5. The molecule has 0 aliphatic rings. The van der Waals surface area contributed by atoms with Crippen molar-refractivity contribution in [1.29, 1.82) is 5.26 Å². The van der Waals surface area contributed by atoms with Crippen LogP contribution in [0.2, 0.25) is 5.02 Å². The molecule has 6 rings (SSSR count). The molecule has 6 nitrogen and oxygen atoms in total. The average molecular weight is 500 g/mol. The highest BCUT2D eigenvalue weighted by Gasteiger charge is 2.19. The maximum Gasteiger partial charge on any atom is 0.286 e. The second kappa shape index (κ2) is 9.23. The number of nitrogens with zero attached hydrogens (tertiary/aromatic N) is 5. The fourth-order valence-electron chi connectivity index (χ4n) is 4.30. The summed E-state index contributed by atoms with van der Waals surface area (Å²) in [7, 11) is 0. The van der Waals surface area contributed by atoms with Crippen LogP contribution in [0.5, 0.6) is 0 Å². The molecule has 0 saturated carbocycles. The highest BCUT2D eigenvalue weighted by molar-refractivity contribution is 6.30. The predicted molar refractivity (Wildman–Crippen MR) is 145 cm³/mol. The van der Waals surface area contributed by atoms with Gasteiger partial charge in [0.25, 0.3) is 5.56 Å². The Morgan fingerprint density at radius 2 is 1.35 bits per heavy atom. The number of hydrogen-bond donors (Lipinski definition) is 0. The topological polar surface area (TPSA) is 76.5 Å². The number of fused-ring (bicyclic) bond motifs is 1. The normalized spacial score (nSPS) is 10.9. The van der Waals surface area contributed by atoms with E-state index < -0.39 is 0 Å². The third-order valence-corrected chi connectivity index (χ3v) is 6.43. The fourth-order valence-corrected chi connectivity index (χ4v) is 4.43. The summed E-state index contributed by atoms with van der Waals surface area (Å²) in [4.78, 5) is 23.2. The Morgan fingerprint density at radius 3 is 2.03 bits per heavy atom. The van der Waals surface area contributed by atoms with Gasteiger partial charge in [-0.15, -0.1) is 0 Å². The largest absolute Gasteiger partial charge is 0.286 e. The maximum atomic E-state index is 13.8. The van der Waals surface area contributed by atoms with Gasteiger partial charge in [-0.05, 0) is 59.7 Å². The molecule has 0 aliphatic carbocycles. The second-order valence-electron chi connectivity index (χ2n) is 8.44. The zero-order valence-corrected chi connectivity index (χ0v) is 20.2. The van der Waals surface area contributed by atoms with Crippen LogP contribution in [-0.2, 0) is 0 Å². The Hall–Kier alpha value is -4.99. The van der Waals surface area contributed by atoms with E-state index in [-0.39, 0.29) is 11.1 Å². The van der Waals surface area contributed by atoms with Crippen molar-refractivity contribution in [2.45, 2.75) is 0 Å². The highest BCUT2D eigenvalue weighted by Crippen LogP contribution is 2.27. The number of rotatable bonds is 4. The molecule has 0 aliphatic heterocycles. The summed E-state index contributed by atoms with van der Waals surface area (Å²) in [5.74, 6) is 0.481. The first-order chi connectivity index (χ1) is 18.1. The zero-order chi connectivity index (χ0) is 25.4. The predicted octanol–water partition coefficient (Wildman–Crippen LogP) is 6.43. The molecule has 0 unspecified atom stereocenters. The van der Waals surface area contributed by atoms with E-state index in [1.54, 1.807) is 64.0 Å². The number of aromatic nitrogens is 4. The molecular weight excluding hydrogens is 482 g/mol. The van der Waals surface area contributed by atoms with Crippen molar-refractivity contribution >= 4 is 22.8 Å². The van der Waals surface area contributed by atoms with Crippen LogP contribution in [0.25, 0.3) is 45.1 Å². The van der Waals surface area contributed by atoms with Crippen molar-refractivity contribution in [3.8, 4) is 40.0 Å². The van der Waals surface area contributed by atoms with Gasteiger partial charge < -0.3 is 0 Å². The lowest BCUT2D eigenvalue weighted by atomic mass is 10.0. The summed E-state index contributed by atoms with van der Waals surface area (Å²) in [5.41, 5.74) is 5.27. The van der Waals surface area contributed by atoms with Crippen molar-refractivity contribution in [3.05, 3.63) is 130 Å². The van der Waals surface area contributed by atoms with E-state index in [0.29, 0.717) is 27.7 Å². The van der Waals surface area contributed by atoms with Gasteiger partial charge in [0, 0.05) is 16.3 Å². The second-order valence-corrected chi connectivity index (χ2v) is 8.88. The van der Waals surface area contributed by atoms with Crippen molar-refractivity contribution in [3.63, 3.8) is 0 Å². The summed E-state index contributed by atoms with van der Waals surface area (Å²) in [6.45, 7) is 0. The maximum absolute atomic E-state index is 13.8. The lowest BCUT2D eigenvalue weighted by Gasteiger charge is -2.14. The number of benzene rings is 4. The molecule has 0 amide bonds. The molecule has 0 N–H and O–H groups in total. The molecule has 0 bridgehead atoms. The molecule has 2 heterocycles. The molecule has 0 atom stereocenters. The van der Waals surface area contributed by atoms with Crippen molar-refractivity contribution < 1.29 is 0 Å². The number of halogens is 1. The molecule has 7 heteroatoms. The van der Waals surface area contributed by atoms with Gasteiger partial charge in [-0.25, -0.2) is 9.97 Å². The molecule has 0 radical (unpaired) electrons. The molecule has 0 spiro atoms. The van der Waals surface area contributed by atoms with Crippen LogP contribution < -0.4 is 5.56 Å². The molecule has 2 aromatic heterocycles. The fraction of sp³-hybridized carbons (Fsp3) is 0. The zero-order valence-electron chi connectivity index (χ0n) is 19.4. The molecular formula is C30H18ClN5O. The summed E-state index contributed by atoms with van der Waals surface area (Å²) in [6, 6.07) is 34.3. The van der Waals surface area contributed by atoms with E-state index in [0.717, 1.165) is 22.4 Å². The van der Waals surface area contributed by atoms with Crippen LogP contribution in [0, 0.1) is 11.3 Å². The Bertz CT molecular complexity index is 1830. The van der Waals surface area contributed by atoms with E-state index in [2.05, 4.69) is 23.2 Å². The van der Waals surface area contributed by atoms with Gasteiger partial charge in [-0.3, -0.25) is 13.9 Å². The van der Waals surface area contributed by atoms with Crippen molar-refractivity contribution in [2.75, 3.05) is 0 Å². The van der Waals surface area contributed by atoms with Crippen LogP contribution in [-0.4, -0.2) is 19.1 Å². The number of hydrogen-bond acceptors (Lipinski definition) is 4. The summed E-state index contributed by atoms with van der Waals surface area (Å²) >= 11 is 6.12. The minimum atomic E-state index is -0.290. The monoisotopic (exact) mass is 499 g/mol. The molecule has 37 heavy (non-hydrogen) atoms. The third-order valence-electron chi connectivity index (χ3n) is 6.18. The lowest BCUT2D eigenvalue weighted by Crippen LogP contribution is -2.22. The van der Waals surface area contributed by atoms with Crippen molar-refractivity contribution in [1.82, 2.24) is 19.1 Å². The molecule has 4 aromatic carbocycles. The van der Waals surface area contributed by atoms with E-state index in [1.165, 1.54) is 0 Å². The minimum absolute atomic E-state index is 0.240. The Labute approximate surface area is 217 Å². The van der Waals surface area contributed by atoms with Gasteiger partial charge in [-0.1, -0.05) is 66.2 Å². The van der Waals surface area contributed by atoms with Gasteiger partial charge in [0.1, 0.15) is 12.2 Å². The average Bonchev–Trinajstić information content (AvgIpc) is 3.39. The van der Waals surface area contributed by atoms with Crippen LogP contribution >= 0.6 is 11.6 Å². The molecule has 176 valence electrons. The number of nitriles is 1. The van der Waals surface area contributed by atoms with Gasteiger partial charge >= 0.3 is 0 Å². The smallest absolute Gasteiger partial charge is 0.283 e. The van der Waals surface area contributed by atoms with E-state index in [4.69, 9.17) is 21.8 Å². The molecule has 0 saturated heterocycles. The Kier molecular flexibility index (Phi) is 5.61. The number of imidazole rings is 1. The molecule has 6 aromatic rings. The molecule has 0 fully saturated rings. The lowest BCUT2D eigenvalue weighted by molar-refractivity contribution is 0.962. The highest BCUT2D eigenvalue weighted by atomic mass is 35.5. The summed E-state index contributed by atoms with van der Waals surface area (Å²) in [5, 5.41) is 9.72. The van der Waals surface area contributed by atoms with Crippen molar-refractivity contribution in [2.24, 2.45) is 0 Å². The van der Waals surface area contributed by atoms with Crippen LogP contribution in [0.1, 0.15) is 5.56 Å². The SMILES string of the molecule is N#Cc1ccc(-n2cnc3c(=O)n(-c4ccc(Cl)cc4)c(-c4ccc(-c5ccccc5)cc4)nc32)cc1. The van der Waals surface area contributed by atoms with Crippen LogP contribution in [0.3, 0.4) is 0 Å². The van der Waals surface area contributed by atoms with E-state index in [9.17, 15) is 4.79 Å². The van der Waals surface area contributed by atoms with Crippen LogP contribution in [0.15, 0.2) is 114 Å². The standard InChI is InChI=1S/C30H18ClN5O/c31-24-12-16-26(17-13-24)36-28(23-10-8-22(9-11-23)21-4-2-1-3-5-21)34-29-27(30(36)37)33-19-35(29)25-14-6-20(18-32)7-15-25/h1-17,19H. The summed E-state index contributed by atoms with van der Waals surface area (Å²) in [6.07, 6.45) is 1.58. The van der Waals surface area contributed by atoms with Crippen LogP contribution in [0.4, 0.5) is 0 Å². The van der Waals surface area contributed by atoms with E-state index in [1.807, 2.05) is 42.5 Å². The minimum Gasteiger partial charge on any atom is -0.283 e. The first kappa shape index (κ1) is 22.5. The Morgan fingerprint density at radius 1 is 0.730 bits per heavy atom. The Balaban J connectivity index is 1.57. The first-order valence-corrected chi connectivity index (χ1v) is 11.9. The van der Waals surface area contributed by atoms with Gasteiger partial charge in [0.05, 0.1) is 17.3 Å². The summed E-state index contributed by atoms with van der Waals surface area (Å²) < 4.78 is 3.32. The quantitative estimate of drug-likeness (QED) is 0.280. The van der Waals surface area contributed by atoms with E-state index >= 15 is 0 Å². The van der Waals surface area contributed by atoms with Gasteiger partial charge in [0.2, 0.25) is 0 Å².